The summed E-state index contributed by atoms with van der Waals surface area (Å²) >= 11 is 13.5. The number of hydrogen-bond acceptors (Lipinski definition) is 2. The van der Waals surface area contributed by atoms with E-state index in [0.717, 1.165) is 20.3 Å². The minimum Gasteiger partial charge on any atom is -0.326 e. The molecule has 1 heterocycles. The van der Waals surface area contributed by atoms with Gasteiger partial charge in [0.1, 0.15) is 0 Å². The van der Waals surface area contributed by atoms with Crippen LogP contribution in [0.25, 0.3) is 10.4 Å². The van der Waals surface area contributed by atoms with E-state index in [0.29, 0.717) is 11.6 Å². The lowest BCUT2D eigenvalue weighted by atomic mass is 10.1. The van der Waals surface area contributed by atoms with Crippen molar-refractivity contribution in [1.29, 1.82) is 0 Å². The molecular weight excluding hydrogens is 249 g/mol. The Bertz CT molecular complexity index is 479. The van der Waals surface area contributed by atoms with Crippen LogP contribution in [0.4, 0.5) is 0 Å². The van der Waals surface area contributed by atoms with Gasteiger partial charge in [-0.3, -0.25) is 0 Å². The fourth-order valence-corrected chi connectivity index (χ4v) is 2.63. The summed E-state index contributed by atoms with van der Waals surface area (Å²) in [7, 11) is 0. The van der Waals surface area contributed by atoms with Gasteiger partial charge in [-0.05, 0) is 29.3 Å². The van der Waals surface area contributed by atoms with Crippen molar-refractivity contribution in [3.8, 4) is 10.4 Å². The van der Waals surface area contributed by atoms with E-state index in [9.17, 15) is 0 Å². The Balaban J connectivity index is 2.42. The van der Waals surface area contributed by atoms with E-state index in [2.05, 4.69) is 0 Å². The van der Waals surface area contributed by atoms with Crippen LogP contribution >= 0.6 is 34.5 Å². The van der Waals surface area contributed by atoms with Gasteiger partial charge in [0.25, 0.3) is 0 Å². The second kappa shape index (κ2) is 4.54. The van der Waals surface area contributed by atoms with Crippen LogP contribution in [-0.4, -0.2) is 0 Å². The van der Waals surface area contributed by atoms with Gasteiger partial charge in [-0.25, -0.2) is 0 Å². The number of halogens is 2. The van der Waals surface area contributed by atoms with E-state index in [1.165, 1.54) is 11.3 Å². The summed E-state index contributed by atoms with van der Waals surface area (Å²) in [5.74, 6) is 0. The Morgan fingerprint density at radius 1 is 1.13 bits per heavy atom. The van der Waals surface area contributed by atoms with Gasteiger partial charge in [0.2, 0.25) is 0 Å². The fourth-order valence-electron chi connectivity index (χ4n) is 1.34. The van der Waals surface area contributed by atoms with Crippen molar-refractivity contribution in [2.24, 2.45) is 5.73 Å². The SMILES string of the molecule is NCc1ccc(-c2ccc(Cl)s2)cc1Cl. The normalized spacial score (nSPS) is 10.6. The summed E-state index contributed by atoms with van der Waals surface area (Å²) in [5.41, 5.74) is 7.58. The third kappa shape index (κ3) is 2.34. The van der Waals surface area contributed by atoms with Gasteiger partial charge >= 0.3 is 0 Å². The lowest BCUT2D eigenvalue weighted by molar-refractivity contribution is 1.07. The van der Waals surface area contributed by atoms with Gasteiger partial charge in [-0.15, -0.1) is 11.3 Å². The van der Waals surface area contributed by atoms with Crippen molar-refractivity contribution in [1.82, 2.24) is 0 Å². The number of rotatable bonds is 2. The Labute approximate surface area is 102 Å². The molecule has 2 aromatic rings. The summed E-state index contributed by atoms with van der Waals surface area (Å²) in [4.78, 5) is 1.12. The van der Waals surface area contributed by atoms with Crippen molar-refractivity contribution in [2.45, 2.75) is 6.54 Å². The van der Waals surface area contributed by atoms with Crippen molar-refractivity contribution >= 4 is 34.5 Å². The minimum absolute atomic E-state index is 0.463. The first kappa shape index (κ1) is 11.0. The highest BCUT2D eigenvalue weighted by atomic mass is 35.5. The second-order valence-corrected chi connectivity index (χ2v) is 5.24. The average Bonchev–Trinajstić information content (AvgIpc) is 2.65. The summed E-state index contributed by atoms with van der Waals surface area (Å²) in [5, 5.41) is 0.708. The topological polar surface area (TPSA) is 26.0 Å². The first-order chi connectivity index (χ1) is 7.20. The monoisotopic (exact) mass is 257 g/mol. The van der Waals surface area contributed by atoms with Crippen LogP contribution < -0.4 is 5.73 Å². The molecule has 0 saturated heterocycles. The quantitative estimate of drug-likeness (QED) is 0.859. The van der Waals surface area contributed by atoms with Crippen LogP contribution in [0.5, 0.6) is 0 Å². The molecule has 0 aliphatic rings. The summed E-state index contributed by atoms with van der Waals surface area (Å²) in [6.07, 6.45) is 0. The van der Waals surface area contributed by atoms with Crippen molar-refractivity contribution in [3.63, 3.8) is 0 Å². The highest BCUT2D eigenvalue weighted by Crippen LogP contribution is 2.33. The first-order valence-corrected chi connectivity index (χ1v) is 6.02. The lowest BCUT2D eigenvalue weighted by Gasteiger charge is -2.03. The van der Waals surface area contributed by atoms with Crippen LogP contribution in [-0.2, 0) is 6.54 Å². The molecular formula is C11H9Cl2NS. The van der Waals surface area contributed by atoms with Gasteiger partial charge in [0.05, 0.1) is 4.34 Å². The Morgan fingerprint density at radius 3 is 2.47 bits per heavy atom. The first-order valence-electron chi connectivity index (χ1n) is 4.45. The molecule has 78 valence electrons. The zero-order valence-corrected chi connectivity index (χ0v) is 10.2. The molecule has 0 saturated carbocycles. The third-order valence-electron chi connectivity index (χ3n) is 2.13. The molecule has 15 heavy (non-hydrogen) atoms. The van der Waals surface area contributed by atoms with Gasteiger partial charge in [0, 0.05) is 16.4 Å². The van der Waals surface area contributed by atoms with Gasteiger partial charge < -0.3 is 5.73 Å². The lowest BCUT2D eigenvalue weighted by Crippen LogP contribution is -1.96. The van der Waals surface area contributed by atoms with Crippen molar-refractivity contribution in [2.75, 3.05) is 0 Å². The smallest absolute Gasteiger partial charge is 0.0934 e. The Hall–Kier alpha value is -0.540. The zero-order valence-electron chi connectivity index (χ0n) is 7.84. The molecule has 0 unspecified atom stereocenters. The molecule has 0 bridgehead atoms. The standard InChI is InChI=1S/C11H9Cl2NS/c12-9-5-7(1-2-8(9)6-14)10-3-4-11(13)15-10/h1-5H,6,14H2. The summed E-state index contributed by atoms with van der Waals surface area (Å²) in [6.45, 7) is 0.463. The Kier molecular flexibility index (Phi) is 3.32. The fraction of sp³-hybridized carbons (Fsp3) is 0.0909. The molecule has 0 atom stereocenters. The Morgan fingerprint density at radius 2 is 1.93 bits per heavy atom. The van der Waals surface area contributed by atoms with Crippen LogP contribution in [0, 0.1) is 0 Å². The molecule has 1 nitrogen and oxygen atoms in total. The van der Waals surface area contributed by atoms with Gasteiger partial charge in [-0.2, -0.15) is 0 Å². The molecule has 2 N–H and O–H groups in total. The average molecular weight is 258 g/mol. The number of nitrogens with two attached hydrogens (primary N) is 1. The van der Waals surface area contributed by atoms with Gasteiger partial charge in [-0.1, -0.05) is 35.3 Å². The molecule has 1 aromatic carbocycles. The summed E-state index contributed by atoms with van der Waals surface area (Å²) < 4.78 is 0.782. The van der Waals surface area contributed by atoms with Crippen LogP contribution in [0.2, 0.25) is 9.36 Å². The predicted octanol–water partition coefficient (Wildman–Crippen LogP) is 4.18. The van der Waals surface area contributed by atoms with Crippen LogP contribution in [0.3, 0.4) is 0 Å². The van der Waals surface area contributed by atoms with Crippen molar-refractivity contribution < 1.29 is 0 Å². The largest absolute Gasteiger partial charge is 0.326 e. The predicted molar refractivity (Wildman–Crippen MR) is 67.7 cm³/mol. The molecule has 0 radical (unpaired) electrons. The highest BCUT2D eigenvalue weighted by Gasteiger charge is 2.04. The minimum atomic E-state index is 0.463. The number of benzene rings is 1. The molecule has 0 aliphatic carbocycles. The van der Waals surface area contributed by atoms with Crippen molar-refractivity contribution in [3.05, 3.63) is 45.3 Å². The van der Waals surface area contributed by atoms with Crippen LogP contribution in [0.1, 0.15) is 5.56 Å². The summed E-state index contributed by atoms with van der Waals surface area (Å²) in [6, 6.07) is 9.75. The number of thiophene rings is 1. The molecule has 2 rings (SSSR count). The maximum absolute atomic E-state index is 6.08. The maximum Gasteiger partial charge on any atom is 0.0934 e. The van der Waals surface area contributed by atoms with E-state index in [4.69, 9.17) is 28.9 Å². The second-order valence-electron chi connectivity index (χ2n) is 3.11. The maximum atomic E-state index is 6.08. The van der Waals surface area contributed by atoms with E-state index in [1.54, 1.807) is 0 Å². The van der Waals surface area contributed by atoms with Crippen LogP contribution in [0.15, 0.2) is 30.3 Å². The zero-order chi connectivity index (χ0) is 10.8. The molecule has 0 fully saturated rings. The number of hydrogen-bond donors (Lipinski definition) is 1. The molecule has 0 aliphatic heterocycles. The van der Waals surface area contributed by atoms with Gasteiger partial charge in [0.15, 0.2) is 0 Å². The highest BCUT2D eigenvalue weighted by molar-refractivity contribution is 7.19. The molecule has 0 amide bonds. The molecule has 0 spiro atoms. The third-order valence-corrected chi connectivity index (χ3v) is 3.76. The van der Waals surface area contributed by atoms with E-state index in [-0.39, 0.29) is 0 Å². The van der Waals surface area contributed by atoms with E-state index in [1.807, 2.05) is 30.3 Å². The van der Waals surface area contributed by atoms with E-state index < -0.39 is 0 Å². The van der Waals surface area contributed by atoms with E-state index >= 15 is 0 Å². The molecule has 4 heteroatoms. The molecule has 1 aromatic heterocycles.